The van der Waals surface area contributed by atoms with E-state index < -0.39 is 11.3 Å². The van der Waals surface area contributed by atoms with E-state index in [1.807, 2.05) is 0 Å². The largest absolute Gasteiger partial charge is 0.507 e. The summed E-state index contributed by atoms with van der Waals surface area (Å²) in [5.41, 5.74) is 0.246. The molecule has 1 heterocycles. The number of aromatic hydroxyl groups is 1. The molecule has 0 amide bonds. The van der Waals surface area contributed by atoms with Crippen LogP contribution in [-0.4, -0.2) is 34.2 Å². The van der Waals surface area contributed by atoms with Crippen molar-refractivity contribution in [3.05, 3.63) is 63.6 Å². The second kappa shape index (κ2) is 7.42. The van der Waals surface area contributed by atoms with Gasteiger partial charge >= 0.3 is 0 Å². The zero-order chi connectivity index (χ0) is 16.8. The van der Waals surface area contributed by atoms with Crippen molar-refractivity contribution in [2.24, 2.45) is 0 Å². The highest BCUT2D eigenvalue weighted by Gasteiger charge is 2.13. The predicted molar refractivity (Wildman–Crippen MR) is 85.9 cm³/mol. The molecule has 0 aliphatic carbocycles. The van der Waals surface area contributed by atoms with Gasteiger partial charge in [0.05, 0.1) is 6.61 Å². The number of ether oxygens (including phenoxy) is 1. The van der Waals surface area contributed by atoms with Gasteiger partial charge in [-0.3, -0.25) is 9.59 Å². The van der Waals surface area contributed by atoms with Gasteiger partial charge in [0, 0.05) is 5.69 Å². The van der Waals surface area contributed by atoms with Crippen LogP contribution in [0.5, 0.6) is 11.5 Å². The fourth-order valence-electron chi connectivity index (χ4n) is 2.04. The quantitative estimate of drug-likeness (QED) is 0.556. The molecule has 6 heteroatoms. The molecule has 0 saturated carbocycles. The summed E-state index contributed by atoms with van der Waals surface area (Å²) in [4.78, 5) is 26.3. The lowest BCUT2D eigenvalue weighted by atomic mass is 10.1. The third-order valence-corrected chi connectivity index (χ3v) is 3.04. The molecule has 120 valence electrons. The van der Waals surface area contributed by atoms with E-state index in [-0.39, 0.29) is 24.5 Å². The monoisotopic (exact) mass is 315 g/mol. The number of aliphatic hydroxyl groups is 1. The highest BCUT2D eigenvalue weighted by Crippen LogP contribution is 2.17. The van der Waals surface area contributed by atoms with Crippen LogP contribution < -0.4 is 10.3 Å². The molecule has 3 N–H and O–H groups in total. The predicted octanol–water partition coefficient (Wildman–Crippen LogP) is 1.66. The van der Waals surface area contributed by atoms with Crippen LogP contribution in [0.1, 0.15) is 21.6 Å². The van der Waals surface area contributed by atoms with Crippen molar-refractivity contribution in [2.45, 2.75) is 6.92 Å². The Hall–Kier alpha value is -2.86. The van der Waals surface area contributed by atoms with Crippen LogP contribution in [0.3, 0.4) is 0 Å². The second-order valence-electron chi connectivity index (χ2n) is 4.88. The van der Waals surface area contributed by atoms with Gasteiger partial charge in [0.1, 0.15) is 23.7 Å². The molecule has 0 bridgehead atoms. The van der Waals surface area contributed by atoms with Crippen LogP contribution in [0.4, 0.5) is 0 Å². The molecule has 0 unspecified atom stereocenters. The average Bonchev–Trinajstić information content (AvgIpc) is 2.50. The van der Waals surface area contributed by atoms with Crippen LogP contribution in [0.15, 0.2) is 41.2 Å². The first kappa shape index (κ1) is 16.5. The number of carbonyl (C=O) groups is 1. The lowest BCUT2D eigenvalue weighted by molar-refractivity contribution is 0.104. The minimum Gasteiger partial charge on any atom is -0.507 e. The Kier molecular flexibility index (Phi) is 5.32. The van der Waals surface area contributed by atoms with Crippen molar-refractivity contribution in [1.29, 1.82) is 0 Å². The Labute approximate surface area is 132 Å². The van der Waals surface area contributed by atoms with Crippen molar-refractivity contribution in [2.75, 3.05) is 13.2 Å². The van der Waals surface area contributed by atoms with Gasteiger partial charge in [0.25, 0.3) is 5.56 Å². The number of hydrogen-bond acceptors (Lipinski definition) is 5. The number of H-pyrrole nitrogens is 1. The van der Waals surface area contributed by atoms with Gasteiger partial charge in [-0.05, 0) is 36.8 Å². The Morgan fingerprint density at radius 1 is 1.35 bits per heavy atom. The lowest BCUT2D eigenvalue weighted by Gasteiger charge is -2.04. The van der Waals surface area contributed by atoms with Gasteiger partial charge in [0.2, 0.25) is 0 Å². The van der Waals surface area contributed by atoms with E-state index in [4.69, 9.17) is 9.84 Å². The number of rotatable bonds is 6. The van der Waals surface area contributed by atoms with E-state index in [2.05, 4.69) is 4.98 Å². The molecular formula is C17H17NO5. The SMILES string of the molecule is Cc1cc(O)c(C(=O)C=Cc2cccc(OCCO)c2)c(=O)[nH]1. The summed E-state index contributed by atoms with van der Waals surface area (Å²) >= 11 is 0. The molecule has 0 atom stereocenters. The van der Waals surface area contributed by atoms with Crippen molar-refractivity contribution in [1.82, 2.24) is 4.98 Å². The minimum atomic E-state index is -0.628. The van der Waals surface area contributed by atoms with Gasteiger partial charge in [0.15, 0.2) is 5.78 Å². The van der Waals surface area contributed by atoms with E-state index in [1.165, 1.54) is 18.2 Å². The summed E-state index contributed by atoms with van der Waals surface area (Å²) in [7, 11) is 0. The van der Waals surface area contributed by atoms with Crippen LogP contribution in [-0.2, 0) is 0 Å². The number of benzene rings is 1. The molecular weight excluding hydrogens is 298 g/mol. The number of hydrogen-bond donors (Lipinski definition) is 3. The van der Waals surface area contributed by atoms with Crippen LogP contribution in [0.25, 0.3) is 6.08 Å². The maximum absolute atomic E-state index is 12.1. The van der Waals surface area contributed by atoms with E-state index in [1.54, 1.807) is 31.2 Å². The third kappa shape index (κ3) is 4.31. The fourth-order valence-corrected chi connectivity index (χ4v) is 2.04. The van der Waals surface area contributed by atoms with Crippen molar-refractivity contribution >= 4 is 11.9 Å². The summed E-state index contributed by atoms with van der Waals surface area (Å²) in [5.74, 6) is -0.379. The third-order valence-electron chi connectivity index (χ3n) is 3.04. The molecule has 2 rings (SSSR count). The van der Waals surface area contributed by atoms with E-state index in [0.717, 1.165) is 0 Å². The second-order valence-corrected chi connectivity index (χ2v) is 4.88. The molecule has 0 aliphatic rings. The van der Waals surface area contributed by atoms with Gasteiger partial charge in [-0.2, -0.15) is 0 Å². The standard InChI is InChI=1S/C17H17NO5/c1-11-9-15(21)16(17(22)18-11)14(20)6-5-12-3-2-4-13(10-12)23-8-7-19/h2-6,9-10,19H,7-8H2,1H3,(H2,18,21,22). The highest BCUT2D eigenvalue weighted by atomic mass is 16.5. The molecule has 6 nitrogen and oxygen atoms in total. The Morgan fingerprint density at radius 3 is 2.83 bits per heavy atom. The van der Waals surface area contributed by atoms with Crippen LogP contribution in [0, 0.1) is 6.92 Å². The molecule has 2 aromatic rings. The van der Waals surface area contributed by atoms with Crippen molar-refractivity contribution in [3.63, 3.8) is 0 Å². The van der Waals surface area contributed by atoms with Crippen LogP contribution >= 0.6 is 0 Å². The Morgan fingerprint density at radius 2 is 2.13 bits per heavy atom. The van der Waals surface area contributed by atoms with Gasteiger partial charge in [-0.1, -0.05) is 18.2 Å². The first-order valence-electron chi connectivity index (χ1n) is 7.00. The topological polar surface area (TPSA) is 99.6 Å². The Balaban J connectivity index is 2.20. The maximum atomic E-state index is 12.1. The van der Waals surface area contributed by atoms with Crippen molar-refractivity contribution in [3.8, 4) is 11.5 Å². The fraction of sp³-hybridized carbons (Fsp3) is 0.176. The zero-order valence-corrected chi connectivity index (χ0v) is 12.6. The van der Waals surface area contributed by atoms with E-state index in [0.29, 0.717) is 17.0 Å². The lowest BCUT2D eigenvalue weighted by Crippen LogP contribution is -2.17. The molecule has 0 radical (unpaired) electrons. The molecule has 0 aliphatic heterocycles. The van der Waals surface area contributed by atoms with Crippen LogP contribution in [0.2, 0.25) is 0 Å². The zero-order valence-electron chi connectivity index (χ0n) is 12.6. The highest BCUT2D eigenvalue weighted by molar-refractivity contribution is 6.08. The number of nitrogens with one attached hydrogen (secondary N) is 1. The number of ketones is 1. The maximum Gasteiger partial charge on any atom is 0.263 e. The summed E-state index contributed by atoms with van der Waals surface area (Å²) in [6.45, 7) is 1.70. The normalized spacial score (nSPS) is 10.9. The summed E-state index contributed by atoms with van der Waals surface area (Å²) < 4.78 is 5.27. The summed E-state index contributed by atoms with van der Waals surface area (Å²) in [5, 5.41) is 18.5. The number of aromatic amines is 1. The number of aromatic nitrogens is 1. The average molecular weight is 315 g/mol. The minimum absolute atomic E-state index is 0.0893. The smallest absolute Gasteiger partial charge is 0.263 e. The first-order chi connectivity index (χ1) is 11.0. The molecule has 23 heavy (non-hydrogen) atoms. The first-order valence-corrected chi connectivity index (χ1v) is 7.00. The van der Waals surface area contributed by atoms with E-state index in [9.17, 15) is 14.7 Å². The van der Waals surface area contributed by atoms with Gasteiger partial charge < -0.3 is 19.9 Å². The molecule has 1 aromatic carbocycles. The summed E-state index contributed by atoms with van der Waals surface area (Å²) in [6.07, 6.45) is 2.73. The number of carbonyl (C=O) groups excluding carboxylic acids is 1. The molecule has 0 fully saturated rings. The number of allylic oxidation sites excluding steroid dienone is 1. The van der Waals surface area contributed by atoms with E-state index >= 15 is 0 Å². The molecule has 0 saturated heterocycles. The Bertz CT molecular complexity index is 792. The number of pyridine rings is 1. The van der Waals surface area contributed by atoms with Gasteiger partial charge in [-0.25, -0.2) is 0 Å². The number of aliphatic hydroxyl groups excluding tert-OH is 1. The van der Waals surface area contributed by atoms with Gasteiger partial charge in [-0.15, -0.1) is 0 Å². The van der Waals surface area contributed by atoms with Crippen molar-refractivity contribution < 1.29 is 19.7 Å². The molecule has 0 spiro atoms. The number of aryl methyl sites for hydroxylation is 1. The summed E-state index contributed by atoms with van der Waals surface area (Å²) in [6, 6.07) is 8.25. The molecule has 1 aromatic heterocycles.